The normalized spacial score (nSPS) is 19.4. The number of aromatic nitrogens is 2. The number of nitrogens with zero attached hydrogens (tertiary/aromatic N) is 3. The highest BCUT2D eigenvalue weighted by molar-refractivity contribution is 6.30. The fraction of sp³-hybridized carbons (Fsp3) is 0.400. The zero-order valence-electron chi connectivity index (χ0n) is 11.5. The molecule has 0 radical (unpaired) electrons. The van der Waals surface area contributed by atoms with Gasteiger partial charge in [0.05, 0.1) is 6.20 Å². The predicted molar refractivity (Wildman–Crippen MR) is 79.0 cm³/mol. The largest absolute Gasteiger partial charge is 0.489 e. The molecule has 3 rings (SSSR count). The SMILES string of the molecule is Cn1cc(CN2CC[C@@H](Oc3cccc(Cl)c3)C2)cn1. The van der Waals surface area contributed by atoms with Crippen molar-refractivity contribution in [3.63, 3.8) is 0 Å². The van der Waals surface area contributed by atoms with E-state index in [1.807, 2.05) is 42.2 Å². The lowest BCUT2D eigenvalue weighted by Gasteiger charge is -2.16. The van der Waals surface area contributed by atoms with E-state index in [-0.39, 0.29) is 6.10 Å². The van der Waals surface area contributed by atoms with Gasteiger partial charge in [-0.2, -0.15) is 5.10 Å². The summed E-state index contributed by atoms with van der Waals surface area (Å²) in [4.78, 5) is 2.40. The molecular formula is C15H18ClN3O. The first-order valence-corrected chi connectivity index (χ1v) is 7.19. The quantitative estimate of drug-likeness (QED) is 0.868. The van der Waals surface area contributed by atoms with Gasteiger partial charge in [0.15, 0.2) is 0 Å². The van der Waals surface area contributed by atoms with Gasteiger partial charge in [-0.15, -0.1) is 0 Å². The molecule has 0 spiro atoms. The zero-order valence-corrected chi connectivity index (χ0v) is 12.3. The number of rotatable bonds is 4. The van der Waals surface area contributed by atoms with Gasteiger partial charge in [-0.1, -0.05) is 17.7 Å². The van der Waals surface area contributed by atoms with Crippen molar-refractivity contribution >= 4 is 11.6 Å². The van der Waals surface area contributed by atoms with Gasteiger partial charge in [0.2, 0.25) is 0 Å². The maximum atomic E-state index is 5.98. The van der Waals surface area contributed by atoms with Gasteiger partial charge >= 0.3 is 0 Å². The van der Waals surface area contributed by atoms with E-state index in [4.69, 9.17) is 16.3 Å². The molecule has 1 aliphatic heterocycles. The van der Waals surface area contributed by atoms with Gasteiger partial charge < -0.3 is 4.74 Å². The number of hydrogen-bond acceptors (Lipinski definition) is 3. The van der Waals surface area contributed by atoms with Crippen molar-refractivity contribution in [2.75, 3.05) is 13.1 Å². The van der Waals surface area contributed by atoms with Crippen molar-refractivity contribution in [1.29, 1.82) is 0 Å². The molecule has 1 aromatic carbocycles. The minimum atomic E-state index is 0.241. The summed E-state index contributed by atoms with van der Waals surface area (Å²) in [7, 11) is 1.94. The monoisotopic (exact) mass is 291 g/mol. The molecule has 0 saturated carbocycles. The second kappa shape index (κ2) is 5.85. The molecule has 4 nitrogen and oxygen atoms in total. The van der Waals surface area contributed by atoms with Crippen LogP contribution in [0, 0.1) is 0 Å². The van der Waals surface area contributed by atoms with Gasteiger partial charge in [0, 0.05) is 43.5 Å². The summed E-state index contributed by atoms with van der Waals surface area (Å²) in [5.74, 6) is 0.853. The van der Waals surface area contributed by atoms with Gasteiger partial charge in [0.1, 0.15) is 11.9 Å². The van der Waals surface area contributed by atoms with Crippen molar-refractivity contribution in [2.24, 2.45) is 7.05 Å². The summed E-state index contributed by atoms with van der Waals surface area (Å²) in [6.45, 7) is 2.94. The molecule has 0 aliphatic carbocycles. The van der Waals surface area contributed by atoms with Gasteiger partial charge in [-0.05, 0) is 24.6 Å². The van der Waals surface area contributed by atoms with Crippen molar-refractivity contribution in [2.45, 2.75) is 19.1 Å². The molecule has 0 bridgehead atoms. The van der Waals surface area contributed by atoms with Gasteiger partial charge in [-0.3, -0.25) is 9.58 Å². The Hall–Kier alpha value is -1.52. The highest BCUT2D eigenvalue weighted by atomic mass is 35.5. The van der Waals surface area contributed by atoms with Gasteiger partial charge in [-0.25, -0.2) is 0 Å². The topological polar surface area (TPSA) is 30.3 Å². The molecule has 1 aromatic heterocycles. The van der Waals surface area contributed by atoms with E-state index in [1.165, 1.54) is 5.56 Å². The third-order valence-corrected chi connectivity index (χ3v) is 3.73. The molecule has 2 heterocycles. The van der Waals surface area contributed by atoms with E-state index in [0.717, 1.165) is 31.8 Å². The molecule has 1 fully saturated rings. The number of ether oxygens (including phenoxy) is 1. The minimum Gasteiger partial charge on any atom is -0.489 e. The van der Waals surface area contributed by atoms with Crippen LogP contribution >= 0.6 is 11.6 Å². The van der Waals surface area contributed by atoms with E-state index >= 15 is 0 Å². The molecule has 1 saturated heterocycles. The average molecular weight is 292 g/mol. The molecule has 5 heteroatoms. The van der Waals surface area contributed by atoms with Crippen LogP contribution in [0.5, 0.6) is 5.75 Å². The lowest BCUT2D eigenvalue weighted by Crippen LogP contribution is -2.24. The molecule has 1 aliphatic rings. The number of halogens is 1. The van der Waals surface area contributed by atoms with E-state index < -0.39 is 0 Å². The lowest BCUT2D eigenvalue weighted by molar-refractivity contribution is 0.198. The summed E-state index contributed by atoms with van der Waals surface area (Å²) in [5.41, 5.74) is 1.25. The van der Waals surface area contributed by atoms with Crippen LogP contribution < -0.4 is 4.74 Å². The Morgan fingerprint density at radius 2 is 2.35 bits per heavy atom. The second-order valence-electron chi connectivity index (χ2n) is 5.24. The van der Waals surface area contributed by atoms with E-state index in [1.54, 1.807) is 0 Å². The van der Waals surface area contributed by atoms with Crippen LogP contribution in [0.4, 0.5) is 0 Å². The van der Waals surface area contributed by atoms with E-state index in [9.17, 15) is 0 Å². The van der Waals surface area contributed by atoms with Crippen LogP contribution in [-0.4, -0.2) is 33.9 Å². The first kappa shape index (κ1) is 13.5. The van der Waals surface area contributed by atoms with Crippen molar-refractivity contribution < 1.29 is 4.74 Å². The fourth-order valence-corrected chi connectivity index (χ4v) is 2.76. The minimum absolute atomic E-state index is 0.241. The molecular weight excluding hydrogens is 274 g/mol. The molecule has 0 N–H and O–H groups in total. The smallest absolute Gasteiger partial charge is 0.121 e. The van der Waals surface area contributed by atoms with E-state index in [2.05, 4.69) is 16.2 Å². The van der Waals surface area contributed by atoms with Crippen LogP contribution in [0.1, 0.15) is 12.0 Å². The maximum Gasteiger partial charge on any atom is 0.121 e. The van der Waals surface area contributed by atoms with Crippen LogP contribution in [0.3, 0.4) is 0 Å². The lowest BCUT2D eigenvalue weighted by atomic mass is 10.3. The Labute approximate surface area is 123 Å². The first-order valence-electron chi connectivity index (χ1n) is 6.81. The van der Waals surface area contributed by atoms with Crippen LogP contribution in [0.15, 0.2) is 36.7 Å². The third kappa shape index (κ3) is 3.32. The predicted octanol–water partition coefficient (Wildman–Crippen LogP) is 2.73. The summed E-state index contributed by atoms with van der Waals surface area (Å²) in [6.07, 6.45) is 5.27. The van der Waals surface area contributed by atoms with Crippen molar-refractivity contribution in [3.8, 4) is 5.75 Å². The Morgan fingerprint density at radius 1 is 1.45 bits per heavy atom. The Kier molecular flexibility index (Phi) is 3.94. The number of likely N-dealkylation sites (tertiary alicyclic amines) is 1. The Bertz CT molecular complexity index is 584. The van der Waals surface area contributed by atoms with Gasteiger partial charge in [0.25, 0.3) is 0 Å². The van der Waals surface area contributed by atoms with E-state index in [0.29, 0.717) is 5.02 Å². The zero-order chi connectivity index (χ0) is 13.9. The molecule has 0 amide bonds. The van der Waals surface area contributed by atoms with Crippen molar-refractivity contribution in [1.82, 2.24) is 14.7 Å². The molecule has 2 aromatic rings. The highest BCUT2D eigenvalue weighted by Crippen LogP contribution is 2.22. The van der Waals surface area contributed by atoms with Crippen LogP contribution in [0.2, 0.25) is 5.02 Å². The standard InChI is InChI=1S/C15H18ClN3O/c1-18-9-12(8-17-18)10-19-6-5-15(11-19)20-14-4-2-3-13(16)7-14/h2-4,7-9,15H,5-6,10-11H2,1H3/t15-/m1/s1. The summed E-state index contributed by atoms with van der Waals surface area (Å²) >= 11 is 5.97. The summed E-state index contributed by atoms with van der Waals surface area (Å²) < 4.78 is 7.82. The number of benzene rings is 1. The second-order valence-corrected chi connectivity index (χ2v) is 5.68. The Morgan fingerprint density at radius 3 is 3.10 bits per heavy atom. The van der Waals surface area contributed by atoms with Crippen LogP contribution in [-0.2, 0) is 13.6 Å². The van der Waals surface area contributed by atoms with Crippen LogP contribution in [0.25, 0.3) is 0 Å². The average Bonchev–Trinajstić information content (AvgIpc) is 3.00. The Balaban J connectivity index is 1.54. The molecule has 0 unspecified atom stereocenters. The summed E-state index contributed by atoms with van der Waals surface area (Å²) in [6, 6.07) is 7.60. The molecule has 1 atom stereocenters. The fourth-order valence-electron chi connectivity index (χ4n) is 2.58. The van der Waals surface area contributed by atoms with Crippen molar-refractivity contribution in [3.05, 3.63) is 47.2 Å². The molecule has 20 heavy (non-hydrogen) atoms. The molecule has 106 valence electrons. The number of aryl methyl sites for hydroxylation is 1. The summed E-state index contributed by atoms with van der Waals surface area (Å²) in [5, 5.41) is 4.91. The number of hydrogen-bond donors (Lipinski definition) is 0. The highest BCUT2D eigenvalue weighted by Gasteiger charge is 2.24. The first-order chi connectivity index (χ1) is 9.69. The maximum absolute atomic E-state index is 5.98. The third-order valence-electron chi connectivity index (χ3n) is 3.49.